The molecule has 2 unspecified atom stereocenters. The second-order valence-corrected chi connectivity index (χ2v) is 8.80. The van der Waals surface area contributed by atoms with Crippen molar-refractivity contribution in [2.75, 3.05) is 25.0 Å². The summed E-state index contributed by atoms with van der Waals surface area (Å²) >= 11 is 1.91. The summed E-state index contributed by atoms with van der Waals surface area (Å²) in [7, 11) is 0. The highest BCUT2D eigenvalue weighted by Gasteiger charge is 2.43. The van der Waals surface area contributed by atoms with Gasteiger partial charge >= 0.3 is 0 Å². The van der Waals surface area contributed by atoms with Crippen LogP contribution in [0.2, 0.25) is 0 Å². The third kappa shape index (κ3) is 4.02. The Kier molecular flexibility index (Phi) is 4.75. The van der Waals surface area contributed by atoms with E-state index < -0.39 is 0 Å². The summed E-state index contributed by atoms with van der Waals surface area (Å²) in [4.78, 5) is 5.41. The number of aromatic nitrogens is 2. The molecule has 2 aliphatic rings. The van der Waals surface area contributed by atoms with E-state index in [1.54, 1.807) is 0 Å². The van der Waals surface area contributed by atoms with Gasteiger partial charge in [-0.1, -0.05) is 0 Å². The first-order chi connectivity index (χ1) is 12.1. The zero-order chi connectivity index (χ0) is 17.3. The van der Waals surface area contributed by atoms with E-state index in [4.69, 9.17) is 4.74 Å². The third-order valence-electron chi connectivity index (χ3n) is 5.15. The van der Waals surface area contributed by atoms with Crippen LogP contribution >= 0.6 is 11.3 Å². The molecule has 4 heterocycles. The number of likely N-dealkylation sites (tertiary alicyclic amines) is 1. The van der Waals surface area contributed by atoms with Crippen LogP contribution in [-0.4, -0.2) is 46.4 Å². The molecule has 2 aromatic rings. The Labute approximate surface area is 153 Å². The van der Waals surface area contributed by atoms with Crippen molar-refractivity contribution in [1.82, 2.24) is 15.1 Å². The summed E-state index contributed by atoms with van der Waals surface area (Å²) in [6.07, 6.45) is 3.41. The van der Waals surface area contributed by atoms with E-state index in [-0.39, 0.29) is 5.60 Å². The predicted molar refractivity (Wildman–Crippen MR) is 101 cm³/mol. The second kappa shape index (κ2) is 7.02. The number of hydrogen-bond donors (Lipinski definition) is 1. The maximum Gasteiger partial charge on any atom is 0.148 e. The highest BCUT2D eigenvalue weighted by atomic mass is 32.1. The highest BCUT2D eigenvalue weighted by molar-refractivity contribution is 7.11. The standard InChI is InChI=1S/C19H26N4OS/c1-14-4-7-18(22-21-14)20-16-10-19(24-12-16)8-3-9-23(13-19)11-17-6-5-15(2)25-17/h4-7,16H,3,8-13H2,1-2H3,(H,20,22). The largest absolute Gasteiger partial charge is 0.371 e. The smallest absolute Gasteiger partial charge is 0.148 e. The molecule has 2 saturated heterocycles. The minimum atomic E-state index is 0.000344. The average molecular weight is 359 g/mol. The number of anilines is 1. The van der Waals surface area contributed by atoms with Crippen molar-refractivity contribution in [3.8, 4) is 0 Å². The van der Waals surface area contributed by atoms with Gasteiger partial charge in [-0.2, -0.15) is 5.10 Å². The maximum absolute atomic E-state index is 6.31. The first-order valence-electron chi connectivity index (χ1n) is 9.09. The summed E-state index contributed by atoms with van der Waals surface area (Å²) in [5.41, 5.74) is 0.941. The van der Waals surface area contributed by atoms with E-state index in [1.165, 1.54) is 22.7 Å². The average Bonchev–Trinajstić information content (AvgIpc) is 3.16. The van der Waals surface area contributed by atoms with Crippen molar-refractivity contribution < 1.29 is 4.74 Å². The lowest BCUT2D eigenvalue weighted by atomic mass is 9.88. The summed E-state index contributed by atoms with van der Waals surface area (Å²) in [6.45, 7) is 8.13. The fourth-order valence-electron chi connectivity index (χ4n) is 4.02. The molecule has 2 atom stereocenters. The Balaban J connectivity index is 1.36. The molecule has 0 amide bonds. The van der Waals surface area contributed by atoms with Gasteiger partial charge in [-0.15, -0.1) is 16.4 Å². The van der Waals surface area contributed by atoms with Gasteiger partial charge in [0.15, 0.2) is 0 Å². The molecule has 4 rings (SSSR count). The van der Waals surface area contributed by atoms with Crippen LogP contribution in [0.25, 0.3) is 0 Å². The van der Waals surface area contributed by atoms with Crippen molar-refractivity contribution in [2.45, 2.75) is 51.3 Å². The molecule has 2 aromatic heterocycles. The SMILES string of the molecule is Cc1ccc(NC2COC3(CCCN(Cc4ccc(C)s4)C3)C2)nn1. The number of rotatable bonds is 4. The topological polar surface area (TPSA) is 50.3 Å². The monoisotopic (exact) mass is 358 g/mol. The molecule has 0 saturated carbocycles. The van der Waals surface area contributed by atoms with Crippen LogP contribution in [0.5, 0.6) is 0 Å². The quantitative estimate of drug-likeness (QED) is 0.908. The van der Waals surface area contributed by atoms with Crippen molar-refractivity contribution in [3.63, 3.8) is 0 Å². The normalized spacial score (nSPS) is 27.0. The molecule has 6 heteroatoms. The fourth-order valence-corrected chi connectivity index (χ4v) is 4.96. The van der Waals surface area contributed by atoms with E-state index in [0.29, 0.717) is 6.04 Å². The molecule has 0 aliphatic carbocycles. The van der Waals surface area contributed by atoms with Crippen LogP contribution in [0.15, 0.2) is 24.3 Å². The Morgan fingerprint density at radius 1 is 1.28 bits per heavy atom. The number of ether oxygens (including phenoxy) is 1. The zero-order valence-corrected chi connectivity index (χ0v) is 15.8. The lowest BCUT2D eigenvalue weighted by Gasteiger charge is -2.39. The van der Waals surface area contributed by atoms with Gasteiger partial charge in [-0.3, -0.25) is 4.90 Å². The molecule has 2 fully saturated rings. The lowest BCUT2D eigenvalue weighted by Crippen LogP contribution is -2.47. The molecule has 1 N–H and O–H groups in total. The van der Waals surface area contributed by atoms with E-state index >= 15 is 0 Å². The van der Waals surface area contributed by atoms with Crippen LogP contribution in [-0.2, 0) is 11.3 Å². The van der Waals surface area contributed by atoms with Crippen LogP contribution in [0.3, 0.4) is 0 Å². The highest BCUT2D eigenvalue weighted by Crippen LogP contribution is 2.36. The molecular formula is C19H26N4OS. The summed E-state index contributed by atoms with van der Waals surface area (Å²) in [5, 5.41) is 11.8. The number of nitrogens with one attached hydrogen (secondary N) is 1. The van der Waals surface area contributed by atoms with E-state index in [1.807, 2.05) is 30.4 Å². The van der Waals surface area contributed by atoms with Crippen molar-refractivity contribution in [2.24, 2.45) is 0 Å². The molecule has 0 bridgehead atoms. The first-order valence-corrected chi connectivity index (χ1v) is 9.90. The molecule has 1 spiro atoms. The first kappa shape index (κ1) is 16.9. The van der Waals surface area contributed by atoms with Crippen molar-refractivity contribution in [3.05, 3.63) is 39.7 Å². The number of piperidine rings is 1. The summed E-state index contributed by atoms with van der Waals surface area (Å²) < 4.78 is 6.31. The number of nitrogens with zero attached hydrogens (tertiary/aromatic N) is 3. The molecule has 0 radical (unpaired) electrons. The molecule has 0 aromatic carbocycles. The van der Waals surface area contributed by atoms with Gasteiger partial charge in [0.1, 0.15) is 5.82 Å². The molecular weight excluding hydrogens is 332 g/mol. The van der Waals surface area contributed by atoms with Gasteiger partial charge in [-0.05, 0) is 57.5 Å². The summed E-state index contributed by atoms with van der Waals surface area (Å²) in [6, 6.07) is 8.79. The second-order valence-electron chi connectivity index (χ2n) is 7.43. The van der Waals surface area contributed by atoms with Crippen LogP contribution in [0, 0.1) is 13.8 Å². The minimum Gasteiger partial charge on any atom is -0.371 e. The van der Waals surface area contributed by atoms with Gasteiger partial charge in [0.2, 0.25) is 0 Å². The molecule has 134 valence electrons. The van der Waals surface area contributed by atoms with Crippen LogP contribution in [0.1, 0.15) is 34.7 Å². The van der Waals surface area contributed by atoms with E-state index in [0.717, 1.165) is 44.0 Å². The molecule has 5 nitrogen and oxygen atoms in total. The Bertz CT molecular complexity index is 716. The van der Waals surface area contributed by atoms with Gasteiger partial charge < -0.3 is 10.1 Å². The molecule has 2 aliphatic heterocycles. The summed E-state index contributed by atoms with van der Waals surface area (Å²) in [5.74, 6) is 0.845. The van der Waals surface area contributed by atoms with Crippen molar-refractivity contribution >= 4 is 17.2 Å². The van der Waals surface area contributed by atoms with Gasteiger partial charge in [-0.25, -0.2) is 0 Å². The third-order valence-corrected chi connectivity index (χ3v) is 6.14. The van der Waals surface area contributed by atoms with Gasteiger partial charge in [0.25, 0.3) is 0 Å². The minimum absolute atomic E-state index is 0.000344. The Morgan fingerprint density at radius 3 is 2.96 bits per heavy atom. The van der Waals surface area contributed by atoms with Gasteiger partial charge in [0.05, 0.1) is 23.9 Å². The fraction of sp³-hybridized carbons (Fsp3) is 0.579. The lowest BCUT2D eigenvalue weighted by molar-refractivity contribution is -0.0531. The Hall–Kier alpha value is -1.50. The Morgan fingerprint density at radius 2 is 2.20 bits per heavy atom. The maximum atomic E-state index is 6.31. The number of hydrogen-bond acceptors (Lipinski definition) is 6. The van der Waals surface area contributed by atoms with Crippen molar-refractivity contribution in [1.29, 1.82) is 0 Å². The number of aryl methyl sites for hydroxylation is 2. The van der Waals surface area contributed by atoms with Crippen LogP contribution < -0.4 is 5.32 Å². The number of thiophene rings is 1. The van der Waals surface area contributed by atoms with Crippen LogP contribution in [0.4, 0.5) is 5.82 Å². The molecule has 25 heavy (non-hydrogen) atoms. The van der Waals surface area contributed by atoms with Gasteiger partial charge in [0, 0.05) is 29.3 Å². The van der Waals surface area contributed by atoms with E-state index in [9.17, 15) is 0 Å². The van der Waals surface area contributed by atoms with E-state index in [2.05, 4.69) is 39.5 Å². The zero-order valence-electron chi connectivity index (χ0n) is 15.0. The predicted octanol–water partition coefficient (Wildman–Crippen LogP) is 3.39.